The number of nitrogens with two attached hydrogens (primary N) is 1. The number of fused-ring (bicyclic) bond motifs is 6. The molecule has 7 aromatic carbocycles. The Balaban J connectivity index is 0.951. The molecule has 1 unspecified atom stereocenters. The first-order chi connectivity index (χ1) is 29.6. The summed E-state index contributed by atoms with van der Waals surface area (Å²) >= 11 is 4.18. The van der Waals surface area contributed by atoms with Crippen LogP contribution in [0.3, 0.4) is 0 Å². The lowest BCUT2D eigenvalue weighted by molar-refractivity contribution is 0.670. The highest BCUT2D eigenvalue weighted by molar-refractivity contribution is 7.79. The predicted molar refractivity (Wildman–Crippen MR) is 247 cm³/mol. The first kappa shape index (κ1) is 35.6. The fourth-order valence-electron chi connectivity index (χ4n) is 8.27. The van der Waals surface area contributed by atoms with Crippen LogP contribution in [0.15, 0.2) is 185 Å². The second-order valence-corrected chi connectivity index (χ2v) is 15.0. The molecule has 0 saturated heterocycles. The van der Waals surface area contributed by atoms with E-state index in [1.807, 2.05) is 91.0 Å². The van der Waals surface area contributed by atoms with Crippen molar-refractivity contribution in [2.24, 2.45) is 10.1 Å². The Bertz CT molecular complexity index is 3340. The second kappa shape index (κ2) is 14.7. The third-order valence-corrected chi connectivity index (χ3v) is 11.5. The SMILES string of the molecule is NC1/C(=N\S)C=Cc2c(-c3ccc(-c4cccc(-c5nc(-c6ccccc6)nc(-c6ccc(-c7cccc8c7oc7ccccc78)cc6)n5)c4)cc3)nc3ccccc3c21. The van der Waals surface area contributed by atoms with E-state index >= 15 is 0 Å². The van der Waals surface area contributed by atoms with Crippen LogP contribution in [-0.4, -0.2) is 25.6 Å². The monoisotopic (exact) mass is 790 g/mol. The molecular formula is C52H34N6OS. The number of aromatic nitrogens is 4. The molecule has 0 amide bonds. The third kappa shape index (κ3) is 6.17. The summed E-state index contributed by atoms with van der Waals surface area (Å²) in [6.45, 7) is 0. The molecule has 7 nitrogen and oxygen atoms in total. The van der Waals surface area contributed by atoms with Crippen LogP contribution in [0, 0.1) is 0 Å². The molecule has 10 aromatic rings. The van der Waals surface area contributed by atoms with E-state index in [4.69, 9.17) is 30.1 Å². The summed E-state index contributed by atoms with van der Waals surface area (Å²) in [5.74, 6) is 1.79. The van der Waals surface area contributed by atoms with Crippen LogP contribution >= 0.6 is 12.8 Å². The highest BCUT2D eigenvalue weighted by atomic mass is 32.1. The molecule has 284 valence electrons. The van der Waals surface area contributed by atoms with Crippen molar-refractivity contribution in [2.45, 2.75) is 6.04 Å². The van der Waals surface area contributed by atoms with E-state index in [9.17, 15) is 0 Å². The molecule has 8 heteroatoms. The fraction of sp³-hybridized carbons (Fsp3) is 0.0192. The van der Waals surface area contributed by atoms with E-state index in [1.54, 1.807) is 0 Å². The first-order valence-electron chi connectivity index (χ1n) is 19.7. The van der Waals surface area contributed by atoms with Gasteiger partial charge >= 0.3 is 0 Å². The molecule has 1 aliphatic carbocycles. The maximum atomic E-state index is 6.74. The van der Waals surface area contributed by atoms with Crippen LogP contribution < -0.4 is 5.73 Å². The van der Waals surface area contributed by atoms with Crippen LogP contribution in [0.1, 0.15) is 17.2 Å². The summed E-state index contributed by atoms with van der Waals surface area (Å²) < 4.78 is 10.5. The topological polar surface area (TPSA) is 103 Å². The van der Waals surface area contributed by atoms with E-state index in [0.717, 1.165) is 99.9 Å². The number of rotatable bonds is 6. The average molecular weight is 791 g/mol. The van der Waals surface area contributed by atoms with Gasteiger partial charge in [0.2, 0.25) is 0 Å². The van der Waals surface area contributed by atoms with Crippen molar-refractivity contribution in [3.63, 3.8) is 0 Å². The van der Waals surface area contributed by atoms with Crippen LogP contribution in [0.25, 0.3) is 107 Å². The van der Waals surface area contributed by atoms with Crippen LogP contribution in [0.2, 0.25) is 0 Å². The molecule has 1 atom stereocenters. The lowest BCUT2D eigenvalue weighted by Crippen LogP contribution is -2.24. The van der Waals surface area contributed by atoms with Crippen molar-refractivity contribution in [1.29, 1.82) is 0 Å². The smallest absolute Gasteiger partial charge is 0.164 e. The Labute approximate surface area is 351 Å². The van der Waals surface area contributed by atoms with Gasteiger partial charge < -0.3 is 10.2 Å². The lowest BCUT2D eigenvalue weighted by Gasteiger charge is -2.23. The van der Waals surface area contributed by atoms with Gasteiger partial charge in [0.25, 0.3) is 0 Å². The van der Waals surface area contributed by atoms with Gasteiger partial charge in [-0.1, -0.05) is 158 Å². The molecule has 0 saturated carbocycles. The van der Waals surface area contributed by atoms with Crippen molar-refractivity contribution in [1.82, 2.24) is 19.9 Å². The number of thiol groups is 1. The minimum Gasteiger partial charge on any atom is -0.455 e. The number of pyridine rings is 1. The van der Waals surface area contributed by atoms with Crippen LogP contribution in [0.5, 0.6) is 0 Å². The minimum atomic E-state index is -0.405. The number of benzene rings is 7. The largest absolute Gasteiger partial charge is 0.455 e. The van der Waals surface area contributed by atoms with Crippen LogP contribution in [-0.2, 0) is 0 Å². The Morgan fingerprint density at radius 2 is 1.07 bits per heavy atom. The summed E-state index contributed by atoms with van der Waals surface area (Å²) in [7, 11) is 0. The Kier molecular flexibility index (Phi) is 8.73. The molecule has 0 radical (unpaired) electrons. The van der Waals surface area contributed by atoms with Gasteiger partial charge in [0.15, 0.2) is 17.5 Å². The van der Waals surface area contributed by atoms with E-state index in [2.05, 4.69) is 108 Å². The minimum absolute atomic E-state index is 0.405. The summed E-state index contributed by atoms with van der Waals surface area (Å²) in [5, 5.41) is 3.22. The van der Waals surface area contributed by atoms with E-state index in [0.29, 0.717) is 17.5 Å². The van der Waals surface area contributed by atoms with Crippen molar-refractivity contribution in [2.75, 3.05) is 0 Å². The van der Waals surface area contributed by atoms with Gasteiger partial charge in [-0.2, -0.15) is 0 Å². The molecule has 11 rings (SSSR count). The predicted octanol–water partition coefficient (Wildman–Crippen LogP) is 12.6. The molecule has 0 fully saturated rings. The van der Waals surface area contributed by atoms with Gasteiger partial charge in [-0.05, 0) is 59.3 Å². The Morgan fingerprint density at radius 1 is 0.483 bits per heavy atom. The number of nitrogens with zero attached hydrogens (tertiary/aromatic N) is 5. The van der Waals surface area contributed by atoms with Crippen LogP contribution in [0.4, 0.5) is 0 Å². The number of hydrogen-bond donors (Lipinski definition) is 2. The van der Waals surface area contributed by atoms with E-state index in [1.165, 1.54) is 0 Å². The van der Waals surface area contributed by atoms with Gasteiger partial charge in [0.1, 0.15) is 11.2 Å². The maximum absolute atomic E-state index is 6.74. The highest BCUT2D eigenvalue weighted by Gasteiger charge is 2.25. The van der Waals surface area contributed by atoms with Crippen molar-refractivity contribution >= 4 is 57.4 Å². The van der Waals surface area contributed by atoms with Crippen molar-refractivity contribution < 1.29 is 4.42 Å². The standard InChI is InChI=1S/C52H34N6OS/c53-47-44(58-60)29-28-42-46(47)41-15-4-6-18-43(41)54-48(42)33-24-20-31(21-25-33)36-12-8-13-37(30-36)52-56-50(34-10-2-1-3-11-34)55-51(57-52)35-26-22-32(23-27-35)38-16-9-17-40-39-14-5-7-19-45(39)59-49(38)40/h1-30,47,60H,53H2/b58-44-. The quantitative estimate of drug-likeness (QED) is 0.163. The molecule has 60 heavy (non-hydrogen) atoms. The lowest BCUT2D eigenvalue weighted by atomic mass is 9.86. The summed E-state index contributed by atoms with van der Waals surface area (Å²) in [4.78, 5) is 20.2. The van der Waals surface area contributed by atoms with Gasteiger partial charge in [-0.15, -0.1) is 0 Å². The first-order valence-corrected chi connectivity index (χ1v) is 20.1. The molecule has 3 heterocycles. The van der Waals surface area contributed by atoms with Gasteiger partial charge in [-0.25, -0.2) is 24.3 Å². The Hall–Kier alpha value is -7.52. The molecule has 0 spiro atoms. The molecule has 2 N–H and O–H groups in total. The number of furan rings is 1. The normalized spacial score (nSPS) is 14.3. The zero-order valence-electron chi connectivity index (χ0n) is 32.1. The summed E-state index contributed by atoms with van der Waals surface area (Å²) in [6, 6.07) is 57.4. The van der Waals surface area contributed by atoms with Gasteiger partial charge in [0.05, 0.1) is 23.0 Å². The molecule has 1 aliphatic rings. The van der Waals surface area contributed by atoms with Crippen molar-refractivity contribution in [3.05, 3.63) is 187 Å². The molecule has 0 bridgehead atoms. The second-order valence-electron chi connectivity index (χ2n) is 14.8. The molecule has 0 aliphatic heterocycles. The number of hydrogen-bond acceptors (Lipinski definition) is 8. The number of para-hydroxylation sites is 3. The van der Waals surface area contributed by atoms with Gasteiger partial charge in [-0.3, -0.25) is 0 Å². The summed E-state index contributed by atoms with van der Waals surface area (Å²) in [5.41, 5.74) is 20.8. The summed E-state index contributed by atoms with van der Waals surface area (Å²) in [6.07, 6.45) is 3.97. The third-order valence-electron chi connectivity index (χ3n) is 11.3. The highest BCUT2D eigenvalue weighted by Crippen LogP contribution is 2.39. The Morgan fingerprint density at radius 3 is 1.85 bits per heavy atom. The fourth-order valence-corrected chi connectivity index (χ4v) is 8.47. The average Bonchev–Trinajstić information content (AvgIpc) is 3.71. The molecule has 3 aromatic heterocycles. The van der Waals surface area contributed by atoms with Crippen molar-refractivity contribution in [3.8, 4) is 67.7 Å². The molecular weight excluding hydrogens is 757 g/mol. The zero-order valence-corrected chi connectivity index (χ0v) is 33.0. The van der Waals surface area contributed by atoms with Gasteiger partial charge in [0, 0.05) is 49.5 Å². The van der Waals surface area contributed by atoms with E-state index in [-0.39, 0.29) is 0 Å². The van der Waals surface area contributed by atoms with E-state index < -0.39 is 6.04 Å². The zero-order chi connectivity index (χ0) is 40.2. The maximum Gasteiger partial charge on any atom is 0.164 e.